The van der Waals surface area contributed by atoms with Crippen LogP contribution in [0.1, 0.15) is 18.9 Å². The van der Waals surface area contributed by atoms with Crippen molar-refractivity contribution in [2.24, 2.45) is 0 Å². The van der Waals surface area contributed by atoms with Gasteiger partial charge in [-0.15, -0.1) is 0 Å². The smallest absolute Gasteiger partial charge is 0.240 e. The predicted octanol–water partition coefficient (Wildman–Crippen LogP) is 2.18. The van der Waals surface area contributed by atoms with Crippen LogP contribution in [0.25, 0.3) is 0 Å². The van der Waals surface area contributed by atoms with E-state index in [4.69, 9.17) is 0 Å². The van der Waals surface area contributed by atoms with Gasteiger partial charge in [0, 0.05) is 23.6 Å². The van der Waals surface area contributed by atoms with Gasteiger partial charge in [-0.25, -0.2) is 0 Å². The highest BCUT2D eigenvalue weighted by Crippen LogP contribution is 2.23. The van der Waals surface area contributed by atoms with Gasteiger partial charge < -0.3 is 15.1 Å². The average Bonchev–Trinajstić information content (AvgIpc) is 2.43. The summed E-state index contributed by atoms with van der Waals surface area (Å²) >= 11 is 3.45. The van der Waals surface area contributed by atoms with Crippen LogP contribution in [-0.4, -0.2) is 50.4 Å². The first-order valence-electron chi connectivity index (χ1n) is 7.27. The molecule has 0 saturated heterocycles. The molecule has 0 fully saturated rings. The highest BCUT2D eigenvalue weighted by molar-refractivity contribution is 9.10. The van der Waals surface area contributed by atoms with Crippen LogP contribution in [0.4, 0.5) is 5.69 Å². The van der Waals surface area contributed by atoms with Gasteiger partial charge in [-0.1, -0.05) is 22.0 Å². The predicted molar refractivity (Wildman–Crippen MR) is 93.1 cm³/mol. The van der Waals surface area contributed by atoms with Crippen LogP contribution in [0, 0.1) is 6.92 Å². The van der Waals surface area contributed by atoms with Crippen molar-refractivity contribution in [2.75, 3.05) is 38.6 Å². The lowest BCUT2D eigenvalue weighted by Gasteiger charge is -2.21. The van der Waals surface area contributed by atoms with Crippen molar-refractivity contribution in [2.45, 2.75) is 20.3 Å². The molecule has 1 aromatic carbocycles. The number of amides is 2. The van der Waals surface area contributed by atoms with Crippen molar-refractivity contribution in [1.29, 1.82) is 0 Å². The summed E-state index contributed by atoms with van der Waals surface area (Å²) < 4.78 is 0.919. The number of carbonyl (C=O) groups excluding carboxylic acids is 2. The van der Waals surface area contributed by atoms with Crippen LogP contribution in [0.5, 0.6) is 0 Å². The summed E-state index contributed by atoms with van der Waals surface area (Å²) in [6.07, 6.45) is 0.884. The molecule has 1 N–H and O–H groups in total. The number of aryl methyl sites for hydroxylation is 1. The fraction of sp³-hybridized carbons (Fsp3) is 0.500. The molecule has 2 amide bonds. The zero-order chi connectivity index (χ0) is 16.7. The fourth-order valence-electron chi connectivity index (χ4n) is 1.96. The molecule has 0 atom stereocenters. The fourth-order valence-corrected chi connectivity index (χ4v) is 2.32. The number of hydrogen-bond donors (Lipinski definition) is 1. The molecule has 0 spiro atoms. The summed E-state index contributed by atoms with van der Waals surface area (Å²) in [6, 6.07) is 5.63. The van der Waals surface area contributed by atoms with E-state index in [0.29, 0.717) is 12.2 Å². The van der Waals surface area contributed by atoms with Crippen LogP contribution in [0.2, 0.25) is 0 Å². The number of hydrogen-bond acceptors (Lipinski definition) is 3. The molecular weight excluding hydrogens is 346 g/mol. The monoisotopic (exact) mass is 369 g/mol. The van der Waals surface area contributed by atoms with Crippen molar-refractivity contribution < 1.29 is 9.59 Å². The number of carbonyl (C=O) groups is 2. The molecule has 0 aromatic heterocycles. The first-order chi connectivity index (χ1) is 10.3. The minimum absolute atomic E-state index is 0.0345. The van der Waals surface area contributed by atoms with E-state index in [9.17, 15) is 9.59 Å². The van der Waals surface area contributed by atoms with E-state index in [0.717, 1.165) is 23.0 Å². The van der Waals surface area contributed by atoms with Crippen LogP contribution < -0.4 is 10.2 Å². The number of nitrogens with one attached hydrogen (secondary N) is 1. The van der Waals surface area contributed by atoms with E-state index in [1.807, 2.05) is 39.2 Å². The van der Waals surface area contributed by atoms with Gasteiger partial charge in [0.05, 0.1) is 0 Å². The Kier molecular flexibility index (Phi) is 7.55. The van der Waals surface area contributed by atoms with Crippen LogP contribution in [0.3, 0.4) is 0 Å². The molecule has 0 aliphatic rings. The normalized spacial score (nSPS) is 10.6. The number of nitrogens with zero attached hydrogens (tertiary/aromatic N) is 2. The Balaban J connectivity index is 2.62. The number of rotatable bonds is 7. The Morgan fingerprint density at radius 1 is 1.27 bits per heavy atom. The number of halogens is 1. The third kappa shape index (κ3) is 6.15. The minimum atomic E-state index is -0.154. The van der Waals surface area contributed by atoms with E-state index in [1.165, 1.54) is 11.8 Å². The first-order valence-corrected chi connectivity index (χ1v) is 8.06. The minimum Gasteiger partial charge on any atom is -0.355 e. The summed E-state index contributed by atoms with van der Waals surface area (Å²) in [5, 5.41) is 2.85. The quantitative estimate of drug-likeness (QED) is 0.749. The van der Waals surface area contributed by atoms with E-state index in [2.05, 4.69) is 26.1 Å². The lowest BCUT2D eigenvalue weighted by molar-refractivity contribution is -0.123. The third-order valence-corrected chi connectivity index (χ3v) is 4.11. The lowest BCUT2D eigenvalue weighted by atomic mass is 10.2. The van der Waals surface area contributed by atoms with Gasteiger partial charge in [-0.3, -0.25) is 9.59 Å². The maximum Gasteiger partial charge on any atom is 0.240 e. The maximum atomic E-state index is 12.0. The molecule has 0 aliphatic heterocycles. The number of anilines is 1. The molecule has 0 bridgehead atoms. The van der Waals surface area contributed by atoms with Gasteiger partial charge >= 0.3 is 0 Å². The van der Waals surface area contributed by atoms with Gasteiger partial charge in [0.1, 0.15) is 6.54 Å². The molecule has 122 valence electrons. The van der Waals surface area contributed by atoms with Gasteiger partial charge in [0.15, 0.2) is 0 Å². The summed E-state index contributed by atoms with van der Waals surface area (Å²) in [5.74, 6) is -0.301. The Morgan fingerprint density at radius 3 is 2.50 bits per heavy atom. The maximum absolute atomic E-state index is 12.0. The lowest BCUT2D eigenvalue weighted by Crippen LogP contribution is -2.40. The summed E-state index contributed by atoms with van der Waals surface area (Å²) in [4.78, 5) is 27.4. The molecule has 5 nitrogen and oxygen atoms in total. The Morgan fingerprint density at radius 2 is 1.95 bits per heavy atom. The van der Waals surface area contributed by atoms with Crippen LogP contribution in [0.15, 0.2) is 22.7 Å². The zero-order valence-corrected chi connectivity index (χ0v) is 15.2. The van der Waals surface area contributed by atoms with Gasteiger partial charge in [-0.2, -0.15) is 0 Å². The van der Waals surface area contributed by atoms with Crippen molar-refractivity contribution in [3.8, 4) is 0 Å². The topological polar surface area (TPSA) is 52.7 Å². The average molecular weight is 370 g/mol. The molecule has 6 heteroatoms. The highest BCUT2D eigenvalue weighted by Gasteiger charge is 2.16. The second-order valence-corrected chi connectivity index (χ2v) is 6.40. The summed E-state index contributed by atoms with van der Waals surface area (Å²) in [6.45, 7) is 5.01. The van der Waals surface area contributed by atoms with Crippen molar-refractivity contribution in [1.82, 2.24) is 10.2 Å². The molecule has 1 rings (SSSR count). The van der Waals surface area contributed by atoms with E-state index < -0.39 is 0 Å². The molecule has 0 heterocycles. The molecule has 0 saturated carbocycles. The van der Waals surface area contributed by atoms with Crippen molar-refractivity contribution in [3.05, 3.63) is 28.2 Å². The van der Waals surface area contributed by atoms with E-state index in [-0.39, 0.29) is 18.4 Å². The first kappa shape index (κ1) is 18.6. The Hall–Kier alpha value is -1.40. The standard InChI is InChI=1S/C16H24BrN3O2/c1-12-6-7-14(10-15(12)17)20(13(2)21)11-16(22)18-8-5-9-19(3)4/h6-7,10H,5,8-9,11H2,1-4H3,(H,18,22). The largest absolute Gasteiger partial charge is 0.355 e. The van der Waals surface area contributed by atoms with Crippen LogP contribution >= 0.6 is 15.9 Å². The Bertz CT molecular complexity index is 532. The third-order valence-electron chi connectivity index (χ3n) is 3.25. The van der Waals surface area contributed by atoms with Crippen LogP contribution in [-0.2, 0) is 9.59 Å². The second-order valence-electron chi connectivity index (χ2n) is 5.55. The molecular formula is C16H24BrN3O2. The Labute approximate surface area is 140 Å². The second kappa shape index (κ2) is 8.90. The highest BCUT2D eigenvalue weighted by atomic mass is 79.9. The van der Waals surface area contributed by atoms with E-state index >= 15 is 0 Å². The summed E-state index contributed by atoms with van der Waals surface area (Å²) in [5.41, 5.74) is 1.80. The molecule has 1 aromatic rings. The number of benzene rings is 1. The zero-order valence-electron chi connectivity index (χ0n) is 13.6. The molecule has 0 radical (unpaired) electrons. The molecule has 22 heavy (non-hydrogen) atoms. The van der Waals surface area contributed by atoms with Gasteiger partial charge in [0.25, 0.3) is 0 Å². The van der Waals surface area contributed by atoms with Crippen molar-refractivity contribution >= 4 is 33.4 Å². The molecule has 0 unspecified atom stereocenters. The molecule has 0 aliphatic carbocycles. The van der Waals surface area contributed by atoms with Crippen molar-refractivity contribution in [3.63, 3.8) is 0 Å². The SMILES string of the molecule is CC(=O)N(CC(=O)NCCCN(C)C)c1ccc(C)c(Br)c1. The van der Waals surface area contributed by atoms with Gasteiger partial charge in [0.2, 0.25) is 11.8 Å². The summed E-state index contributed by atoms with van der Waals surface area (Å²) in [7, 11) is 3.99. The van der Waals surface area contributed by atoms with Gasteiger partial charge in [-0.05, 0) is 51.7 Å². The van der Waals surface area contributed by atoms with E-state index in [1.54, 1.807) is 0 Å².